The first-order chi connectivity index (χ1) is 11.6. The Morgan fingerprint density at radius 3 is 2.52 bits per heavy atom. The van der Waals surface area contributed by atoms with E-state index in [1.807, 2.05) is 20.8 Å². The van der Waals surface area contributed by atoms with Crippen LogP contribution in [0.5, 0.6) is 0 Å². The lowest BCUT2D eigenvalue weighted by Gasteiger charge is -2.43. The van der Waals surface area contributed by atoms with Crippen molar-refractivity contribution in [1.82, 2.24) is 4.90 Å². The number of benzene rings is 1. The minimum Gasteiger partial charge on any atom is -0.465 e. The topological polar surface area (TPSA) is 86.9 Å². The number of halogens is 1. The second-order valence-corrected chi connectivity index (χ2v) is 7.85. The number of hydrogen-bond donors (Lipinski definition) is 2. The Bertz CT molecular complexity index is 729. The maximum atomic E-state index is 15.2. The monoisotopic (exact) mass is 349 g/mol. The van der Waals surface area contributed by atoms with Gasteiger partial charge < -0.3 is 20.6 Å². The molecule has 7 heteroatoms. The summed E-state index contributed by atoms with van der Waals surface area (Å²) in [5.41, 5.74) is 6.78. The number of rotatable bonds is 1. The van der Waals surface area contributed by atoms with Crippen molar-refractivity contribution in [2.75, 3.05) is 18.0 Å². The first-order valence-electron chi connectivity index (χ1n) is 8.50. The van der Waals surface area contributed by atoms with Crippen LogP contribution in [0.4, 0.5) is 14.9 Å². The number of nitrogens with zero attached hydrogens (tertiary/aromatic N) is 2. The van der Waals surface area contributed by atoms with E-state index in [2.05, 4.69) is 0 Å². The van der Waals surface area contributed by atoms with E-state index in [1.165, 1.54) is 9.80 Å². The number of anilines is 1. The molecule has 2 aliphatic heterocycles. The molecule has 2 heterocycles. The summed E-state index contributed by atoms with van der Waals surface area (Å²) in [6.07, 6.45) is -0.204. The second kappa shape index (κ2) is 5.98. The molecule has 1 saturated heterocycles. The van der Waals surface area contributed by atoms with E-state index in [9.17, 15) is 14.7 Å². The molecule has 2 aliphatic rings. The van der Waals surface area contributed by atoms with E-state index in [0.29, 0.717) is 30.5 Å². The van der Waals surface area contributed by atoms with Crippen molar-refractivity contribution in [2.24, 2.45) is 11.1 Å². The largest absolute Gasteiger partial charge is 0.465 e. The standard InChI is InChI=1S/C18H24FN3O3/c1-18(2,3)15-11-4-5-13(21-9-7-12(20)16(21)23)14(19)10(11)6-8-22(15)17(24)25/h4-5,12,15H,6-9,20H2,1-3H3,(H,24,25)/t12-,15?/m0/s1. The molecule has 0 aromatic heterocycles. The number of carbonyl (C=O) groups excluding carboxylic acids is 1. The summed E-state index contributed by atoms with van der Waals surface area (Å²) >= 11 is 0. The van der Waals surface area contributed by atoms with Gasteiger partial charge in [0.1, 0.15) is 0 Å². The second-order valence-electron chi connectivity index (χ2n) is 7.85. The maximum absolute atomic E-state index is 15.2. The molecule has 0 bridgehead atoms. The summed E-state index contributed by atoms with van der Waals surface area (Å²) in [5.74, 6) is -0.701. The first kappa shape index (κ1) is 17.7. The minimum absolute atomic E-state index is 0.234. The van der Waals surface area contributed by atoms with Crippen LogP contribution in [-0.4, -0.2) is 41.1 Å². The molecule has 1 aromatic carbocycles. The zero-order valence-electron chi connectivity index (χ0n) is 14.8. The number of fused-ring (bicyclic) bond motifs is 1. The molecule has 3 rings (SSSR count). The number of amides is 2. The van der Waals surface area contributed by atoms with Gasteiger partial charge in [-0.25, -0.2) is 9.18 Å². The minimum atomic E-state index is -1.00. The van der Waals surface area contributed by atoms with Crippen LogP contribution >= 0.6 is 0 Å². The van der Waals surface area contributed by atoms with Gasteiger partial charge in [-0.2, -0.15) is 0 Å². The van der Waals surface area contributed by atoms with Gasteiger partial charge in [0, 0.05) is 13.1 Å². The van der Waals surface area contributed by atoms with E-state index < -0.39 is 24.0 Å². The third kappa shape index (κ3) is 2.86. The van der Waals surface area contributed by atoms with Crippen LogP contribution in [0.25, 0.3) is 0 Å². The lowest BCUT2D eigenvalue weighted by atomic mass is 9.77. The van der Waals surface area contributed by atoms with Crippen molar-refractivity contribution in [2.45, 2.75) is 45.7 Å². The molecule has 0 spiro atoms. The summed E-state index contributed by atoms with van der Waals surface area (Å²) < 4.78 is 15.2. The maximum Gasteiger partial charge on any atom is 0.407 e. The van der Waals surface area contributed by atoms with Crippen LogP contribution in [0.1, 0.15) is 44.4 Å². The average Bonchev–Trinajstić information content (AvgIpc) is 2.85. The Balaban J connectivity index is 2.07. The van der Waals surface area contributed by atoms with E-state index >= 15 is 4.39 Å². The molecule has 2 amide bonds. The first-order valence-corrected chi connectivity index (χ1v) is 8.50. The van der Waals surface area contributed by atoms with Gasteiger partial charge in [-0.15, -0.1) is 0 Å². The van der Waals surface area contributed by atoms with Crippen LogP contribution in [-0.2, 0) is 11.2 Å². The van der Waals surface area contributed by atoms with Gasteiger partial charge in [0.2, 0.25) is 5.91 Å². The molecule has 0 saturated carbocycles. The predicted molar refractivity (Wildman–Crippen MR) is 92.0 cm³/mol. The van der Waals surface area contributed by atoms with Crippen LogP contribution in [0.2, 0.25) is 0 Å². The van der Waals surface area contributed by atoms with Gasteiger partial charge >= 0.3 is 6.09 Å². The molecule has 136 valence electrons. The van der Waals surface area contributed by atoms with Crippen molar-refractivity contribution < 1.29 is 19.1 Å². The van der Waals surface area contributed by atoms with Gasteiger partial charge in [-0.3, -0.25) is 4.79 Å². The summed E-state index contributed by atoms with van der Waals surface area (Å²) in [7, 11) is 0. The van der Waals surface area contributed by atoms with Crippen molar-refractivity contribution in [3.63, 3.8) is 0 Å². The fourth-order valence-electron chi connectivity index (χ4n) is 3.95. The Hall–Kier alpha value is -2.15. The smallest absolute Gasteiger partial charge is 0.407 e. The van der Waals surface area contributed by atoms with E-state index in [4.69, 9.17) is 5.73 Å². The number of hydrogen-bond acceptors (Lipinski definition) is 3. The quantitative estimate of drug-likeness (QED) is 0.815. The normalized spacial score (nSPS) is 23.8. The van der Waals surface area contributed by atoms with Crippen molar-refractivity contribution >= 4 is 17.7 Å². The van der Waals surface area contributed by atoms with Crippen LogP contribution in [0.15, 0.2) is 12.1 Å². The van der Waals surface area contributed by atoms with Gasteiger partial charge in [-0.1, -0.05) is 26.8 Å². The Kier molecular flexibility index (Phi) is 4.23. The van der Waals surface area contributed by atoms with Gasteiger partial charge in [0.15, 0.2) is 5.82 Å². The number of nitrogens with two attached hydrogens (primary N) is 1. The molecule has 2 atom stereocenters. The van der Waals surface area contributed by atoms with Crippen LogP contribution in [0.3, 0.4) is 0 Å². The van der Waals surface area contributed by atoms with Gasteiger partial charge in [0.05, 0.1) is 17.8 Å². The molecule has 0 radical (unpaired) electrons. The molecule has 0 aliphatic carbocycles. The molecule has 1 aromatic rings. The van der Waals surface area contributed by atoms with E-state index in [-0.39, 0.29) is 23.6 Å². The highest BCUT2D eigenvalue weighted by molar-refractivity contribution is 5.99. The summed E-state index contributed by atoms with van der Waals surface area (Å²) in [6.45, 7) is 6.46. The lowest BCUT2D eigenvalue weighted by molar-refractivity contribution is -0.118. The number of carbonyl (C=O) groups is 2. The van der Waals surface area contributed by atoms with E-state index in [0.717, 1.165) is 0 Å². The Morgan fingerprint density at radius 2 is 2.00 bits per heavy atom. The Morgan fingerprint density at radius 1 is 1.32 bits per heavy atom. The predicted octanol–water partition coefficient (Wildman–Crippen LogP) is 2.51. The van der Waals surface area contributed by atoms with Crippen molar-refractivity contribution in [1.29, 1.82) is 0 Å². The zero-order chi connectivity index (χ0) is 18.5. The number of carboxylic acid groups (broad SMARTS) is 1. The van der Waals surface area contributed by atoms with Crippen molar-refractivity contribution in [3.8, 4) is 0 Å². The highest BCUT2D eigenvalue weighted by Crippen LogP contribution is 2.44. The molecule has 1 fully saturated rings. The summed E-state index contributed by atoms with van der Waals surface area (Å²) in [6, 6.07) is 2.32. The highest BCUT2D eigenvalue weighted by atomic mass is 19.1. The molecule has 1 unspecified atom stereocenters. The van der Waals surface area contributed by atoms with Crippen LogP contribution < -0.4 is 10.6 Å². The molecular formula is C18H24FN3O3. The van der Waals surface area contributed by atoms with Gasteiger partial charge in [-0.05, 0) is 35.4 Å². The third-order valence-corrected chi connectivity index (χ3v) is 5.07. The molecule has 3 N–H and O–H groups in total. The molecule has 25 heavy (non-hydrogen) atoms. The highest BCUT2D eigenvalue weighted by Gasteiger charge is 2.41. The fourth-order valence-corrected chi connectivity index (χ4v) is 3.95. The zero-order valence-corrected chi connectivity index (χ0v) is 14.8. The van der Waals surface area contributed by atoms with E-state index in [1.54, 1.807) is 12.1 Å². The Labute approximate surface area is 146 Å². The molecule has 6 nitrogen and oxygen atoms in total. The summed E-state index contributed by atoms with van der Waals surface area (Å²) in [4.78, 5) is 26.5. The molecular weight excluding hydrogens is 325 g/mol. The average molecular weight is 349 g/mol. The third-order valence-electron chi connectivity index (χ3n) is 5.07. The van der Waals surface area contributed by atoms with Gasteiger partial charge in [0.25, 0.3) is 0 Å². The summed E-state index contributed by atoms with van der Waals surface area (Å²) in [5, 5.41) is 9.52. The lowest BCUT2D eigenvalue weighted by Crippen LogP contribution is -2.45. The SMILES string of the molecule is CC(C)(C)C1c2ccc(N3CC[C@H](N)C3=O)c(F)c2CCN1C(=O)O. The van der Waals surface area contributed by atoms with Crippen molar-refractivity contribution in [3.05, 3.63) is 29.1 Å². The van der Waals surface area contributed by atoms with Crippen LogP contribution in [0, 0.1) is 11.2 Å². The fraction of sp³-hybridized carbons (Fsp3) is 0.556.